The number of hydrogen-bond acceptors (Lipinski definition) is 4. The maximum Gasteiger partial charge on any atom is 0.340 e. The van der Waals surface area contributed by atoms with E-state index >= 15 is 0 Å². The highest BCUT2D eigenvalue weighted by molar-refractivity contribution is 7.98. The van der Waals surface area contributed by atoms with E-state index in [1.54, 1.807) is 60.3 Å². The number of hydrogen-bond donors (Lipinski definition) is 1. The van der Waals surface area contributed by atoms with Crippen molar-refractivity contribution in [3.8, 4) is 0 Å². The summed E-state index contributed by atoms with van der Waals surface area (Å²) in [5.74, 6) is -0.753. The van der Waals surface area contributed by atoms with Crippen LogP contribution in [0.2, 0.25) is 0 Å². The van der Waals surface area contributed by atoms with Crippen molar-refractivity contribution in [3.63, 3.8) is 0 Å². The fourth-order valence-corrected chi connectivity index (χ4v) is 2.91. The van der Waals surface area contributed by atoms with Gasteiger partial charge in [-0.1, -0.05) is 42.5 Å². The fourth-order valence-electron chi connectivity index (χ4n) is 2.50. The monoisotopic (exact) mass is 377 g/mol. The van der Waals surface area contributed by atoms with Crippen molar-refractivity contribution < 1.29 is 14.3 Å². The van der Waals surface area contributed by atoms with E-state index in [9.17, 15) is 9.59 Å². The number of benzene rings is 3. The Balaban J connectivity index is 1.68. The van der Waals surface area contributed by atoms with E-state index in [1.165, 1.54) is 0 Å². The van der Waals surface area contributed by atoms with Gasteiger partial charge in [0.15, 0.2) is 0 Å². The van der Waals surface area contributed by atoms with Crippen LogP contribution in [-0.4, -0.2) is 18.1 Å². The third-order valence-electron chi connectivity index (χ3n) is 3.96. The SMILES string of the molecule is CSc1ccc(COC(=O)c2ccccc2NC(=O)c2ccccc2)cc1. The zero-order valence-electron chi connectivity index (χ0n) is 14.8. The smallest absolute Gasteiger partial charge is 0.340 e. The number of rotatable bonds is 6. The van der Waals surface area contributed by atoms with E-state index < -0.39 is 5.97 Å². The number of ether oxygens (including phenoxy) is 1. The first-order chi connectivity index (χ1) is 13.2. The molecule has 0 aliphatic heterocycles. The Morgan fingerprint density at radius 3 is 2.26 bits per heavy atom. The van der Waals surface area contributed by atoms with Crippen LogP contribution >= 0.6 is 11.8 Å². The summed E-state index contributed by atoms with van der Waals surface area (Å²) in [7, 11) is 0. The van der Waals surface area contributed by atoms with Crippen molar-refractivity contribution in [1.29, 1.82) is 0 Å². The molecular weight excluding hydrogens is 358 g/mol. The maximum atomic E-state index is 12.5. The molecule has 0 aliphatic rings. The summed E-state index contributed by atoms with van der Waals surface area (Å²) >= 11 is 1.66. The number of para-hydroxylation sites is 1. The predicted octanol–water partition coefficient (Wildman–Crippen LogP) is 5.02. The normalized spacial score (nSPS) is 10.3. The van der Waals surface area contributed by atoms with Crippen LogP contribution in [0.5, 0.6) is 0 Å². The largest absolute Gasteiger partial charge is 0.457 e. The Kier molecular flexibility index (Phi) is 6.28. The highest BCUT2D eigenvalue weighted by Gasteiger charge is 2.15. The molecule has 0 heterocycles. The third-order valence-corrected chi connectivity index (χ3v) is 4.70. The second-order valence-corrected chi connectivity index (χ2v) is 6.67. The van der Waals surface area contributed by atoms with Gasteiger partial charge >= 0.3 is 5.97 Å². The molecule has 0 atom stereocenters. The molecule has 0 aliphatic carbocycles. The molecule has 3 aromatic rings. The first-order valence-electron chi connectivity index (χ1n) is 8.43. The van der Waals surface area contributed by atoms with Gasteiger partial charge in [-0.3, -0.25) is 4.79 Å². The molecule has 0 aromatic heterocycles. The Morgan fingerprint density at radius 1 is 0.889 bits per heavy atom. The number of thioether (sulfide) groups is 1. The summed E-state index contributed by atoms with van der Waals surface area (Å²) in [6, 6.07) is 23.5. The third kappa shape index (κ3) is 4.99. The molecule has 0 spiro atoms. The van der Waals surface area contributed by atoms with Gasteiger partial charge < -0.3 is 10.1 Å². The standard InChI is InChI=1S/C22H19NO3S/c1-27-18-13-11-16(12-14-18)15-26-22(25)19-9-5-6-10-20(19)23-21(24)17-7-3-2-4-8-17/h2-14H,15H2,1H3,(H,23,24). The zero-order valence-corrected chi connectivity index (χ0v) is 15.7. The van der Waals surface area contributed by atoms with Crippen molar-refractivity contribution in [3.05, 3.63) is 95.6 Å². The van der Waals surface area contributed by atoms with Crippen LogP contribution in [0.25, 0.3) is 0 Å². The highest BCUT2D eigenvalue weighted by Crippen LogP contribution is 2.19. The van der Waals surface area contributed by atoms with Gasteiger partial charge in [0.2, 0.25) is 0 Å². The van der Waals surface area contributed by atoms with Crippen molar-refractivity contribution in [2.45, 2.75) is 11.5 Å². The molecule has 0 bridgehead atoms. The van der Waals surface area contributed by atoms with Crippen molar-refractivity contribution >= 4 is 29.3 Å². The second kappa shape index (κ2) is 9.05. The summed E-state index contributed by atoms with van der Waals surface area (Å²) < 4.78 is 5.42. The number of esters is 1. The van der Waals surface area contributed by atoms with Crippen molar-refractivity contribution in [2.75, 3.05) is 11.6 Å². The van der Waals surface area contributed by atoms with Gasteiger partial charge in [0.25, 0.3) is 5.91 Å². The molecule has 3 aromatic carbocycles. The van der Waals surface area contributed by atoms with Gasteiger partial charge in [-0.2, -0.15) is 0 Å². The van der Waals surface area contributed by atoms with Gasteiger partial charge in [-0.15, -0.1) is 11.8 Å². The summed E-state index contributed by atoms with van der Waals surface area (Å²) in [5.41, 5.74) is 2.18. The fraction of sp³-hybridized carbons (Fsp3) is 0.0909. The van der Waals surface area contributed by atoms with Crippen molar-refractivity contribution in [2.24, 2.45) is 0 Å². The lowest BCUT2D eigenvalue weighted by Crippen LogP contribution is -2.15. The molecule has 3 rings (SSSR count). The molecule has 27 heavy (non-hydrogen) atoms. The number of carbonyl (C=O) groups excluding carboxylic acids is 2. The summed E-state index contributed by atoms with van der Waals surface area (Å²) in [6.07, 6.45) is 2.01. The first kappa shape index (κ1) is 18.7. The van der Waals surface area contributed by atoms with Crippen LogP contribution in [0.15, 0.2) is 83.8 Å². The Hall–Kier alpha value is -3.05. The molecule has 4 nitrogen and oxygen atoms in total. The Morgan fingerprint density at radius 2 is 1.56 bits per heavy atom. The van der Waals surface area contributed by atoms with Crippen LogP contribution in [0, 0.1) is 0 Å². The average Bonchev–Trinajstić information content (AvgIpc) is 2.73. The Labute approximate surface area is 162 Å². The van der Waals surface area contributed by atoms with E-state index in [0.29, 0.717) is 16.8 Å². The predicted molar refractivity (Wildman–Crippen MR) is 108 cm³/mol. The molecule has 0 saturated heterocycles. The van der Waals surface area contributed by atoms with Crippen LogP contribution in [-0.2, 0) is 11.3 Å². The molecule has 0 fully saturated rings. The maximum absolute atomic E-state index is 12.5. The minimum Gasteiger partial charge on any atom is -0.457 e. The summed E-state index contributed by atoms with van der Waals surface area (Å²) in [6.45, 7) is 0.175. The minimum atomic E-state index is -0.479. The van der Waals surface area contributed by atoms with Gasteiger partial charge in [0, 0.05) is 10.5 Å². The van der Waals surface area contributed by atoms with E-state index in [4.69, 9.17) is 4.74 Å². The number of nitrogens with one attached hydrogen (secondary N) is 1. The topological polar surface area (TPSA) is 55.4 Å². The second-order valence-electron chi connectivity index (χ2n) is 5.79. The molecule has 0 saturated carbocycles. The molecule has 1 N–H and O–H groups in total. The Bertz CT molecular complexity index is 924. The van der Waals surface area contributed by atoms with Crippen LogP contribution in [0.1, 0.15) is 26.3 Å². The lowest BCUT2D eigenvalue weighted by Gasteiger charge is -2.11. The van der Waals surface area contributed by atoms with Crippen LogP contribution in [0.4, 0.5) is 5.69 Å². The highest BCUT2D eigenvalue weighted by atomic mass is 32.2. The number of carbonyl (C=O) groups is 2. The summed E-state index contributed by atoms with van der Waals surface area (Å²) in [5, 5.41) is 2.78. The molecular formula is C22H19NO3S. The van der Waals surface area contributed by atoms with Crippen molar-refractivity contribution in [1.82, 2.24) is 0 Å². The van der Waals surface area contributed by atoms with E-state index in [1.807, 2.05) is 36.6 Å². The molecule has 0 unspecified atom stereocenters. The minimum absolute atomic E-state index is 0.175. The molecule has 136 valence electrons. The first-order valence-corrected chi connectivity index (χ1v) is 9.65. The van der Waals surface area contributed by atoms with Crippen LogP contribution < -0.4 is 5.32 Å². The number of anilines is 1. The van der Waals surface area contributed by atoms with Gasteiger partial charge in [-0.05, 0) is 48.2 Å². The zero-order chi connectivity index (χ0) is 19.1. The number of amides is 1. The van der Waals surface area contributed by atoms with Gasteiger partial charge in [-0.25, -0.2) is 4.79 Å². The van der Waals surface area contributed by atoms with E-state index in [-0.39, 0.29) is 12.5 Å². The lowest BCUT2D eigenvalue weighted by atomic mass is 10.1. The van der Waals surface area contributed by atoms with Crippen LogP contribution in [0.3, 0.4) is 0 Å². The van der Waals surface area contributed by atoms with E-state index in [2.05, 4.69) is 5.32 Å². The molecule has 1 amide bonds. The average molecular weight is 377 g/mol. The summed E-state index contributed by atoms with van der Waals surface area (Å²) in [4.78, 5) is 26.0. The quantitative estimate of drug-likeness (QED) is 0.484. The molecule has 5 heteroatoms. The molecule has 0 radical (unpaired) electrons. The lowest BCUT2D eigenvalue weighted by molar-refractivity contribution is 0.0474. The van der Waals surface area contributed by atoms with Gasteiger partial charge in [0.1, 0.15) is 6.61 Å². The van der Waals surface area contributed by atoms with Gasteiger partial charge in [0.05, 0.1) is 11.3 Å². The van der Waals surface area contributed by atoms with E-state index in [0.717, 1.165) is 10.5 Å².